The van der Waals surface area contributed by atoms with Crippen molar-refractivity contribution >= 4 is 5.91 Å². The highest BCUT2D eigenvalue weighted by atomic mass is 16.1. The maximum absolute atomic E-state index is 11.9. The van der Waals surface area contributed by atoms with Crippen molar-refractivity contribution < 1.29 is 4.79 Å². The number of hydrogen-bond donors (Lipinski definition) is 1. The molecule has 1 heterocycles. The van der Waals surface area contributed by atoms with Crippen molar-refractivity contribution in [1.82, 2.24) is 10.3 Å². The monoisotopic (exact) mass is 266 g/mol. The summed E-state index contributed by atoms with van der Waals surface area (Å²) in [6.07, 6.45) is 6.56. The molecular formula is C17H18N2O. The summed E-state index contributed by atoms with van der Waals surface area (Å²) in [5.41, 5.74) is 4.54. The first kappa shape index (κ1) is 12.9. The number of pyridine rings is 1. The van der Waals surface area contributed by atoms with Gasteiger partial charge in [0.05, 0.1) is 0 Å². The second-order valence-electron chi connectivity index (χ2n) is 5.21. The Balaban J connectivity index is 1.65. The molecule has 1 amide bonds. The van der Waals surface area contributed by atoms with E-state index >= 15 is 0 Å². The van der Waals surface area contributed by atoms with Gasteiger partial charge in [-0.15, -0.1) is 0 Å². The van der Waals surface area contributed by atoms with Gasteiger partial charge in [0, 0.05) is 12.7 Å². The van der Waals surface area contributed by atoms with Crippen molar-refractivity contribution in [1.29, 1.82) is 0 Å². The van der Waals surface area contributed by atoms with E-state index in [0.717, 1.165) is 12.0 Å². The molecule has 3 nitrogen and oxygen atoms in total. The highest BCUT2D eigenvalue weighted by Crippen LogP contribution is 2.22. The molecule has 1 aromatic carbocycles. The lowest BCUT2D eigenvalue weighted by molar-refractivity contribution is 0.0946. The Labute approximate surface area is 119 Å². The Kier molecular flexibility index (Phi) is 3.77. The largest absolute Gasteiger partial charge is 0.347 e. The predicted molar refractivity (Wildman–Crippen MR) is 78.5 cm³/mol. The van der Waals surface area contributed by atoms with Gasteiger partial charge >= 0.3 is 0 Å². The molecule has 2 aromatic rings. The van der Waals surface area contributed by atoms with Crippen LogP contribution in [0, 0.1) is 0 Å². The van der Waals surface area contributed by atoms with E-state index in [1.54, 1.807) is 18.3 Å². The molecular weight excluding hydrogens is 248 g/mol. The minimum atomic E-state index is -0.122. The van der Waals surface area contributed by atoms with Crippen LogP contribution in [-0.2, 0) is 19.4 Å². The first-order valence-electron chi connectivity index (χ1n) is 7.13. The minimum absolute atomic E-state index is 0.122. The zero-order valence-corrected chi connectivity index (χ0v) is 11.4. The van der Waals surface area contributed by atoms with Gasteiger partial charge in [0.25, 0.3) is 5.91 Å². The third kappa shape index (κ3) is 2.87. The third-order valence-electron chi connectivity index (χ3n) is 3.76. The summed E-state index contributed by atoms with van der Waals surface area (Å²) in [7, 11) is 0. The van der Waals surface area contributed by atoms with Gasteiger partial charge in [-0.2, -0.15) is 0 Å². The second-order valence-corrected chi connectivity index (χ2v) is 5.21. The molecule has 0 spiro atoms. The molecule has 0 saturated heterocycles. The summed E-state index contributed by atoms with van der Waals surface area (Å²) in [4.78, 5) is 16.0. The first-order valence-corrected chi connectivity index (χ1v) is 7.13. The molecule has 0 radical (unpaired) electrons. The van der Waals surface area contributed by atoms with Crippen molar-refractivity contribution in [3.8, 4) is 0 Å². The van der Waals surface area contributed by atoms with E-state index in [1.807, 2.05) is 6.07 Å². The van der Waals surface area contributed by atoms with Crippen LogP contribution in [0.4, 0.5) is 0 Å². The van der Waals surface area contributed by atoms with Gasteiger partial charge in [-0.25, -0.2) is 0 Å². The lowest BCUT2D eigenvalue weighted by Crippen LogP contribution is -2.23. The van der Waals surface area contributed by atoms with E-state index < -0.39 is 0 Å². The SMILES string of the molecule is O=C(NCc1ccc2c(c1)CCCC2)c1ccccn1. The Morgan fingerprint density at radius 2 is 1.95 bits per heavy atom. The lowest BCUT2D eigenvalue weighted by Gasteiger charge is -2.16. The summed E-state index contributed by atoms with van der Waals surface area (Å²) >= 11 is 0. The molecule has 20 heavy (non-hydrogen) atoms. The smallest absolute Gasteiger partial charge is 0.270 e. The van der Waals surface area contributed by atoms with Gasteiger partial charge in [-0.1, -0.05) is 24.3 Å². The molecule has 3 rings (SSSR count). The predicted octanol–water partition coefficient (Wildman–Crippen LogP) is 2.89. The van der Waals surface area contributed by atoms with Crippen LogP contribution in [0.3, 0.4) is 0 Å². The fourth-order valence-electron chi connectivity index (χ4n) is 2.67. The zero-order valence-electron chi connectivity index (χ0n) is 11.4. The van der Waals surface area contributed by atoms with Crippen LogP contribution >= 0.6 is 0 Å². The fraction of sp³-hybridized carbons (Fsp3) is 0.294. The Bertz CT molecular complexity index is 608. The summed E-state index contributed by atoms with van der Waals surface area (Å²) in [5, 5.41) is 2.92. The standard InChI is InChI=1S/C17H18N2O/c20-17(16-7-3-4-10-18-16)19-12-13-8-9-14-5-1-2-6-15(14)11-13/h3-4,7-11H,1-2,5-6,12H2,(H,19,20). The number of amides is 1. The maximum atomic E-state index is 11.9. The van der Waals surface area contributed by atoms with Crippen molar-refractivity contribution in [3.05, 3.63) is 65.0 Å². The number of nitrogens with zero attached hydrogens (tertiary/aromatic N) is 1. The fourth-order valence-corrected chi connectivity index (χ4v) is 2.67. The van der Waals surface area contributed by atoms with Gasteiger partial charge in [0.15, 0.2) is 0 Å². The number of benzene rings is 1. The number of aromatic nitrogens is 1. The zero-order chi connectivity index (χ0) is 13.8. The minimum Gasteiger partial charge on any atom is -0.347 e. The van der Waals surface area contributed by atoms with Crippen LogP contribution in [0.1, 0.15) is 40.0 Å². The molecule has 3 heteroatoms. The second kappa shape index (κ2) is 5.87. The van der Waals surface area contributed by atoms with Crippen LogP contribution in [0.5, 0.6) is 0 Å². The quantitative estimate of drug-likeness (QED) is 0.928. The summed E-state index contributed by atoms with van der Waals surface area (Å²) in [6.45, 7) is 0.558. The number of nitrogens with one attached hydrogen (secondary N) is 1. The number of carbonyl (C=O) groups excluding carboxylic acids is 1. The van der Waals surface area contributed by atoms with Crippen molar-refractivity contribution in [2.24, 2.45) is 0 Å². The molecule has 1 aromatic heterocycles. The Morgan fingerprint density at radius 1 is 1.10 bits per heavy atom. The summed E-state index contributed by atoms with van der Waals surface area (Å²) in [6, 6.07) is 11.9. The van der Waals surface area contributed by atoms with E-state index in [4.69, 9.17) is 0 Å². The number of carbonyl (C=O) groups is 1. The number of fused-ring (bicyclic) bond motifs is 1. The summed E-state index contributed by atoms with van der Waals surface area (Å²) in [5.74, 6) is -0.122. The average Bonchev–Trinajstić information content (AvgIpc) is 2.53. The van der Waals surface area contributed by atoms with E-state index in [0.29, 0.717) is 12.2 Å². The van der Waals surface area contributed by atoms with Crippen LogP contribution in [-0.4, -0.2) is 10.9 Å². The van der Waals surface area contributed by atoms with Crippen molar-refractivity contribution in [3.63, 3.8) is 0 Å². The molecule has 0 atom stereocenters. The van der Waals surface area contributed by atoms with Crippen LogP contribution in [0.25, 0.3) is 0 Å². The number of hydrogen-bond acceptors (Lipinski definition) is 2. The summed E-state index contributed by atoms with van der Waals surface area (Å²) < 4.78 is 0. The van der Waals surface area contributed by atoms with Crippen LogP contribution in [0.2, 0.25) is 0 Å². The molecule has 1 aliphatic rings. The molecule has 0 bridgehead atoms. The molecule has 1 N–H and O–H groups in total. The topological polar surface area (TPSA) is 42.0 Å². The van der Waals surface area contributed by atoms with Gasteiger partial charge < -0.3 is 5.32 Å². The molecule has 102 valence electrons. The van der Waals surface area contributed by atoms with Gasteiger partial charge in [0.2, 0.25) is 0 Å². The maximum Gasteiger partial charge on any atom is 0.270 e. The van der Waals surface area contributed by atoms with Crippen molar-refractivity contribution in [2.75, 3.05) is 0 Å². The molecule has 0 saturated carbocycles. The molecule has 0 aliphatic heterocycles. The van der Waals surface area contributed by atoms with E-state index in [-0.39, 0.29) is 5.91 Å². The van der Waals surface area contributed by atoms with Crippen LogP contribution in [0.15, 0.2) is 42.6 Å². The molecule has 0 fully saturated rings. The first-order chi connectivity index (χ1) is 9.83. The normalized spacial score (nSPS) is 13.6. The third-order valence-corrected chi connectivity index (χ3v) is 3.76. The van der Waals surface area contributed by atoms with Crippen LogP contribution < -0.4 is 5.32 Å². The van der Waals surface area contributed by atoms with E-state index in [2.05, 4.69) is 28.5 Å². The lowest BCUT2D eigenvalue weighted by atomic mass is 9.90. The van der Waals surface area contributed by atoms with Crippen molar-refractivity contribution in [2.45, 2.75) is 32.2 Å². The van der Waals surface area contributed by atoms with Gasteiger partial charge in [0.1, 0.15) is 5.69 Å². The Hall–Kier alpha value is -2.16. The highest BCUT2D eigenvalue weighted by molar-refractivity contribution is 5.92. The van der Waals surface area contributed by atoms with E-state index in [1.165, 1.54) is 30.4 Å². The van der Waals surface area contributed by atoms with Gasteiger partial charge in [-0.3, -0.25) is 9.78 Å². The van der Waals surface area contributed by atoms with Gasteiger partial charge in [-0.05, 0) is 54.5 Å². The highest BCUT2D eigenvalue weighted by Gasteiger charge is 2.10. The molecule has 1 aliphatic carbocycles. The average molecular weight is 266 g/mol. The molecule has 0 unspecified atom stereocenters. The Morgan fingerprint density at radius 3 is 2.75 bits per heavy atom. The number of rotatable bonds is 3. The van der Waals surface area contributed by atoms with E-state index in [9.17, 15) is 4.79 Å². The number of aryl methyl sites for hydroxylation is 2.